The molecule has 5 rings (SSSR count). The number of imidazole rings is 1. The standard InChI is InChI=1S/C27H27N3O3/c1-19-14-22(20-9-11-24(32-2)12-10-20)16-30(19)27(31)21-6-5-7-25(15-21)33-18-23-17-29-13-4-3-8-26(29)28-23/h3-13,15,17,19,22H,14,16,18H2,1-2H3. The fourth-order valence-electron chi connectivity index (χ4n) is 4.53. The highest BCUT2D eigenvalue weighted by Crippen LogP contribution is 2.33. The summed E-state index contributed by atoms with van der Waals surface area (Å²) in [5, 5.41) is 0. The zero-order chi connectivity index (χ0) is 22.8. The average Bonchev–Trinajstić information content (AvgIpc) is 3.45. The van der Waals surface area contributed by atoms with Crippen molar-refractivity contribution in [3.05, 3.63) is 95.9 Å². The Morgan fingerprint density at radius 1 is 1.06 bits per heavy atom. The van der Waals surface area contributed by atoms with Crippen LogP contribution in [-0.2, 0) is 6.61 Å². The number of amides is 1. The minimum Gasteiger partial charge on any atom is -0.497 e. The first-order valence-corrected chi connectivity index (χ1v) is 11.2. The third-order valence-electron chi connectivity index (χ3n) is 6.30. The van der Waals surface area contributed by atoms with Gasteiger partial charge in [-0.05, 0) is 61.4 Å². The van der Waals surface area contributed by atoms with Crippen LogP contribution in [0, 0.1) is 0 Å². The van der Waals surface area contributed by atoms with E-state index in [1.165, 1.54) is 5.56 Å². The monoisotopic (exact) mass is 441 g/mol. The molecule has 168 valence electrons. The fourth-order valence-corrected chi connectivity index (χ4v) is 4.53. The quantitative estimate of drug-likeness (QED) is 0.425. The van der Waals surface area contributed by atoms with Crippen LogP contribution >= 0.6 is 0 Å². The molecule has 0 radical (unpaired) electrons. The van der Waals surface area contributed by atoms with E-state index in [2.05, 4.69) is 24.0 Å². The molecule has 4 aromatic rings. The van der Waals surface area contributed by atoms with E-state index in [1.807, 2.05) is 76.3 Å². The van der Waals surface area contributed by atoms with Crippen molar-refractivity contribution in [2.45, 2.75) is 31.9 Å². The Hall–Kier alpha value is -3.80. The summed E-state index contributed by atoms with van der Waals surface area (Å²) in [6.07, 6.45) is 4.86. The van der Waals surface area contributed by atoms with Gasteiger partial charge in [0, 0.05) is 36.5 Å². The molecule has 1 aliphatic heterocycles. The maximum Gasteiger partial charge on any atom is 0.254 e. The highest BCUT2D eigenvalue weighted by molar-refractivity contribution is 5.95. The van der Waals surface area contributed by atoms with E-state index in [4.69, 9.17) is 9.47 Å². The maximum absolute atomic E-state index is 13.3. The van der Waals surface area contributed by atoms with Crippen LogP contribution in [0.4, 0.5) is 0 Å². The summed E-state index contributed by atoms with van der Waals surface area (Å²) >= 11 is 0. The van der Waals surface area contributed by atoms with Gasteiger partial charge in [-0.1, -0.05) is 24.3 Å². The first-order chi connectivity index (χ1) is 16.1. The topological polar surface area (TPSA) is 56.1 Å². The molecule has 1 saturated heterocycles. The van der Waals surface area contributed by atoms with Gasteiger partial charge in [0.05, 0.1) is 12.8 Å². The Balaban J connectivity index is 1.26. The number of methoxy groups -OCH3 is 1. The van der Waals surface area contributed by atoms with Crippen molar-refractivity contribution in [3.63, 3.8) is 0 Å². The highest BCUT2D eigenvalue weighted by atomic mass is 16.5. The number of hydrogen-bond acceptors (Lipinski definition) is 4. The molecule has 1 aliphatic rings. The Kier molecular flexibility index (Phi) is 5.73. The first-order valence-electron chi connectivity index (χ1n) is 11.2. The summed E-state index contributed by atoms with van der Waals surface area (Å²) in [4.78, 5) is 19.8. The molecule has 33 heavy (non-hydrogen) atoms. The summed E-state index contributed by atoms with van der Waals surface area (Å²) in [5.74, 6) is 1.87. The molecule has 0 aliphatic carbocycles. The second-order valence-corrected chi connectivity index (χ2v) is 8.53. The molecule has 0 spiro atoms. The van der Waals surface area contributed by atoms with Crippen LogP contribution in [0.2, 0.25) is 0 Å². The number of benzene rings is 2. The van der Waals surface area contributed by atoms with Gasteiger partial charge in [-0.15, -0.1) is 0 Å². The third kappa shape index (κ3) is 4.42. The molecular weight excluding hydrogens is 414 g/mol. The van der Waals surface area contributed by atoms with Crippen LogP contribution in [0.15, 0.2) is 79.1 Å². The van der Waals surface area contributed by atoms with E-state index in [0.717, 1.165) is 23.5 Å². The predicted octanol–water partition coefficient (Wildman–Crippen LogP) is 4.94. The van der Waals surface area contributed by atoms with E-state index >= 15 is 0 Å². The number of hydrogen-bond donors (Lipinski definition) is 0. The summed E-state index contributed by atoms with van der Waals surface area (Å²) in [5.41, 5.74) is 3.61. The zero-order valence-electron chi connectivity index (χ0n) is 18.8. The van der Waals surface area contributed by atoms with Crippen molar-refractivity contribution in [1.82, 2.24) is 14.3 Å². The SMILES string of the molecule is COc1ccc(C2CC(C)N(C(=O)c3cccc(OCc4cn5ccccc5n4)c3)C2)cc1. The van der Waals surface area contributed by atoms with Crippen molar-refractivity contribution in [2.24, 2.45) is 0 Å². The van der Waals surface area contributed by atoms with Crippen LogP contribution in [0.1, 0.15) is 40.9 Å². The second-order valence-electron chi connectivity index (χ2n) is 8.53. The fraction of sp³-hybridized carbons (Fsp3) is 0.259. The normalized spacial score (nSPS) is 17.9. The lowest BCUT2D eigenvalue weighted by Gasteiger charge is -2.22. The van der Waals surface area contributed by atoms with Gasteiger partial charge in [0.25, 0.3) is 5.91 Å². The number of carbonyl (C=O) groups excluding carboxylic acids is 1. The lowest BCUT2D eigenvalue weighted by molar-refractivity contribution is 0.0745. The van der Waals surface area contributed by atoms with E-state index in [-0.39, 0.29) is 11.9 Å². The Morgan fingerprint density at radius 3 is 2.70 bits per heavy atom. The van der Waals surface area contributed by atoms with E-state index in [0.29, 0.717) is 30.4 Å². The van der Waals surface area contributed by atoms with Crippen LogP contribution in [0.5, 0.6) is 11.5 Å². The van der Waals surface area contributed by atoms with Gasteiger partial charge < -0.3 is 18.8 Å². The zero-order valence-corrected chi connectivity index (χ0v) is 18.8. The number of rotatable bonds is 6. The predicted molar refractivity (Wildman–Crippen MR) is 127 cm³/mol. The van der Waals surface area contributed by atoms with Crippen molar-refractivity contribution in [1.29, 1.82) is 0 Å². The molecule has 0 saturated carbocycles. The lowest BCUT2D eigenvalue weighted by atomic mass is 9.97. The van der Waals surface area contributed by atoms with Crippen LogP contribution in [0.3, 0.4) is 0 Å². The Labute approximate surface area is 193 Å². The molecule has 3 heterocycles. The van der Waals surface area contributed by atoms with Gasteiger partial charge in [-0.25, -0.2) is 4.98 Å². The molecular formula is C27H27N3O3. The van der Waals surface area contributed by atoms with Gasteiger partial charge in [0.2, 0.25) is 0 Å². The average molecular weight is 442 g/mol. The number of carbonyl (C=O) groups is 1. The number of pyridine rings is 1. The highest BCUT2D eigenvalue weighted by Gasteiger charge is 2.33. The van der Waals surface area contributed by atoms with Crippen molar-refractivity contribution in [3.8, 4) is 11.5 Å². The first kappa shape index (κ1) is 21.1. The summed E-state index contributed by atoms with van der Waals surface area (Å²) in [7, 11) is 1.67. The van der Waals surface area contributed by atoms with Crippen molar-refractivity contribution in [2.75, 3.05) is 13.7 Å². The molecule has 2 aromatic carbocycles. The van der Waals surface area contributed by atoms with Gasteiger partial charge in [0.1, 0.15) is 23.8 Å². The molecule has 2 atom stereocenters. The van der Waals surface area contributed by atoms with Crippen LogP contribution in [-0.4, -0.2) is 39.9 Å². The lowest BCUT2D eigenvalue weighted by Crippen LogP contribution is -2.33. The van der Waals surface area contributed by atoms with Crippen LogP contribution < -0.4 is 9.47 Å². The number of nitrogens with zero attached hydrogens (tertiary/aromatic N) is 3. The van der Waals surface area contributed by atoms with Crippen LogP contribution in [0.25, 0.3) is 5.65 Å². The smallest absolute Gasteiger partial charge is 0.254 e. The maximum atomic E-state index is 13.3. The summed E-state index contributed by atoms with van der Waals surface area (Å²) in [6.45, 7) is 3.17. The Morgan fingerprint density at radius 2 is 1.91 bits per heavy atom. The van der Waals surface area contributed by atoms with Gasteiger partial charge in [0.15, 0.2) is 0 Å². The molecule has 6 heteroatoms. The van der Waals surface area contributed by atoms with Gasteiger partial charge in [-0.3, -0.25) is 4.79 Å². The molecule has 2 aromatic heterocycles. The number of fused-ring (bicyclic) bond motifs is 1. The van der Waals surface area contributed by atoms with E-state index in [1.54, 1.807) is 7.11 Å². The molecule has 1 fully saturated rings. The Bertz CT molecular complexity index is 1230. The van der Waals surface area contributed by atoms with E-state index in [9.17, 15) is 4.79 Å². The number of aromatic nitrogens is 2. The second kappa shape index (κ2) is 8.98. The number of likely N-dealkylation sites (tertiary alicyclic amines) is 1. The minimum atomic E-state index is 0.0386. The third-order valence-corrected chi connectivity index (χ3v) is 6.30. The summed E-state index contributed by atoms with van der Waals surface area (Å²) < 4.78 is 13.2. The minimum absolute atomic E-state index is 0.0386. The number of ether oxygens (including phenoxy) is 2. The molecule has 1 amide bonds. The molecule has 0 N–H and O–H groups in total. The molecule has 0 bridgehead atoms. The summed E-state index contributed by atoms with van der Waals surface area (Å²) in [6, 6.07) is 21.6. The molecule has 2 unspecified atom stereocenters. The molecule has 6 nitrogen and oxygen atoms in total. The van der Waals surface area contributed by atoms with E-state index < -0.39 is 0 Å². The van der Waals surface area contributed by atoms with Gasteiger partial charge >= 0.3 is 0 Å². The van der Waals surface area contributed by atoms with Gasteiger partial charge in [-0.2, -0.15) is 0 Å². The van der Waals surface area contributed by atoms with Crippen molar-refractivity contribution >= 4 is 11.6 Å². The largest absolute Gasteiger partial charge is 0.497 e. The van der Waals surface area contributed by atoms with Crippen molar-refractivity contribution < 1.29 is 14.3 Å².